The normalized spacial score (nSPS) is 10.7. The van der Waals surface area contributed by atoms with E-state index in [1.807, 2.05) is 0 Å². The van der Waals surface area contributed by atoms with E-state index in [0.717, 1.165) is 15.6 Å². The number of rotatable bonds is 6. The van der Waals surface area contributed by atoms with Crippen molar-refractivity contribution >= 4 is 11.3 Å². The van der Waals surface area contributed by atoms with Crippen molar-refractivity contribution in [2.75, 3.05) is 7.11 Å². The van der Waals surface area contributed by atoms with Gasteiger partial charge in [0.1, 0.15) is 23.2 Å². The smallest absolute Gasteiger partial charge is 0.140 e. The van der Waals surface area contributed by atoms with Crippen LogP contribution in [0, 0.1) is 5.82 Å². The minimum absolute atomic E-state index is 0.283. The third-order valence-corrected chi connectivity index (χ3v) is 3.56. The molecule has 0 spiro atoms. The van der Waals surface area contributed by atoms with E-state index in [1.165, 1.54) is 23.5 Å². The van der Waals surface area contributed by atoms with Crippen LogP contribution in [0.2, 0.25) is 0 Å². The van der Waals surface area contributed by atoms with Crippen LogP contribution in [-0.4, -0.2) is 12.1 Å². The van der Waals surface area contributed by atoms with Crippen molar-refractivity contribution in [3.05, 3.63) is 45.7 Å². The largest absolute Gasteiger partial charge is 0.486 e. The molecule has 0 aliphatic heterocycles. The second-order valence-corrected chi connectivity index (χ2v) is 5.03. The lowest BCUT2D eigenvalue weighted by molar-refractivity contribution is 0.181. The molecule has 0 bridgehead atoms. The highest BCUT2D eigenvalue weighted by Crippen LogP contribution is 2.21. The second-order valence-electron chi connectivity index (χ2n) is 3.86. The molecule has 1 aromatic heterocycles. The maximum Gasteiger partial charge on any atom is 0.140 e. The Kier molecular flexibility index (Phi) is 4.84. The van der Waals surface area contributed by atoms with E-state index in [-0.39, 0.29) is 5.82 Å². The summed E-state index contributed by atoms with van der Waals surface area (Å²) in [6, 6.07) is 5.89. The van der Waals surface area contributed by atoms with E-state index < -0.39 is 0 Å². The van der Waals surface area contributed by atoms with Gasteiger partial charge in [-0.05, 0) is 24.3 Å². The summed E-state index contributed by atoms with van der Waals surface area (Å²) >= 11 is 1.51. The number of nitrogens with two attached hydrogens (primary N) is 1. The summed E-state index contributed by atoms with van der Waals surface area (Å²) in [6.07, 6.45) is 0. The lowest BCUT2D eigenvalue weighted by Gasteiger charge is -2.03. The Hall–Kier alpha value is -1.50. The second kappa shape index (κ2) is 6.60. The van der Waals surface area contributed by atoms with Gasteiger partial charge in [0.15, 0.2) is 0 Å². The summed E-state index contributed by atoms with van der Waals surface area (Å²) in [6.45, 7) is 1.22. The summed E-state index contributed by atoms with van der Waals surface area (Å²) in [7, 11) is 1.62. The van der Waals surface area contributed by atoms with Gasteiger partial charge in [-0.3, -0.25) is 0 Å². The van der Waals surface area contributed by atoms with Gasteiger partial charge < -0.3 is 15.2 Å². The standard InChI is InChI=1S/C13H15FN2O2S/c1-17-7-11-12(6-15)19-13(16-11)8-18-10-4-2-9(14)3-5-10/h2-5H,6-8,15H2,1H3. The van der Waals surface area contributed by atoms with Gasteiger partial charge >= 0.3 is 0 Å². The van der Waals surface area contributed by atoms with Crippen molar-refractivity contribution in [1.82, 2.24) is 4.98 Å². The molecule has 0 aliphatic carbocycles. The van der Waals surface area contributed by atoms with Gasteiger partial charge in [-0.15, -0.1) is 11.3 Å². The number of methoxy groups -OCH3 is 1. The summed E-state index contributed by atoms with van der Waals surface area (Å²) in [5.41, 5.74) is 6.50. The molecular weight excluding hydrogens is 267 g/mol. The monoisotopic (exact) mass is 282 g/mol. The van der Waals surface area contributed by atoms with Crippen molar-refractivity contribution in [3.8, 4) is 5.75 Å². The van der Waals surface area contributed by atoms with Gasteiger partial charge in [-0.1, -0.05) is 0 Å². The molecule has 0 aliphatic rings. The molecule has 2 N–H and O–H groups in total. The molecule has 0 radical (unpaired) electrons. The van der Waals surface area contributed by atoms with Gasteiger partial charge in [0.2, 0.25) is 0 Å². The first-order valence-electron chi connectivity index (χ1n) is 5.77. The van der Waals surface area contributed by atoms with Crippen LogP contribution in [0.15, 0.2) is 24.3 Å². The zero-order valence-electron chi connectivity index (χ0n) is 10.6. The molecule has 1 aromatic carbocycles. The summed E-state index contributed by atoms with van der Waals surface area (Å²) in [4.78, 5) is 5.42. The average molecular weight is 282 g/mol. The van der Waals surface area contributed by atoms with Crippen LogP contribution in [0.5, 0.6) is 5.75 Å². The van der Waals surface area contributed by atoms with Gasteiger partial charge in [-0.2, -0.15) is 0 Å². The maximum atomic E-state index is 12.7. The fourth-order valence-electron chi connectivity index (χ4n) is 1.58. The van der Waals surface area contributed by atoms with Gasteiger partial charge in [0, 0.05) is 18.5 Å². The average Bonchev–Trinajstić information content (AvgIpc) is 2.81. The van der Waals surface area contributed by atoms with Crippen molar-refractivity contribution in [2.45, 2.75) is 19.8 Å². The van der Waals surface area contributed by atoms with Crippen molar-refractivity contribution < 1.29 is 13.9 Å². The highest BCUT2D eigenvalue weighted by molar-refractivity contribution is 7.11. The quantitative estimate of drug-likeness (QED) is 0.884. The van der Waals surface area contributed by atoms with Crippen LogP contribution < -0.4 is 10.5 Å². The first-order valence-corrected chi connectivity index (χ1v) is 6.59. The van der Waals surface area contributed by atoms with Crippen LogP contribution in [0.3, 0.4) is 0 Å². The van der Waals surface area contributed by atoms with E-state index in [2.05, 4.69) is 4.98 Å². The Labute approximate surface area is 115 Å². The first-order chi connectivity index (χ1) is 9.22. The highest BCUT2D eigenvalue weighted by atomic mass is 32.1. The van der Waals surface area contributed by atoms with E-state index >= 15 is 0 Å². The first kappa shape index (κ1) is 13.9. The Bertz CT molecular complexity index is 528. The van der Waals surface area contributed by atoms with E-state index in [9.17, 15) is 4.39 Å². The summed E-state index contributed by atoms with van der Waals surface area (Å²) in [5, 5.41) is 0.830. The number of hydrogen-bond acceptors (Lipinski definition) is 5. The van der Waals surface area contributed by atoms with Crippen molar-refractivity contribution in [1.29, 1.82) is 0 Å². The Balaban J connectivity index is 2.01. The Morgan fingerprint density at radius 3 is 2.63 bits per heavy atom. The third kappa shape index (κ3) is 3.73. The number of halogens is 1. The molecule has 19 heavy (non-hydrogen) atoms. The van der Waals surface area contributed by atoms with E-state index in [4.69, 9.17) is 15.2 Å². The molecule has 2 aromatic rings. The highest BCUT2D eigenvalue weighted by Gasteiger charge is 2.10. The van der Waals surface area contributed by atoms with E-state index in [0.29, 0.717) is 25.5 Å². The van der Waals surface area contributed by atoms with Gasteiger partial charge in [0.25, 0.3) is 0 Å². The predicted octanol–water partition coefficient (Wildman–Crippen LogP) is 2.47. The lowest BCUT2D eigenvalue weighted by Crippen LogP contribution is -1.99. The topological polar surface area (TPSA) is 57.4 Å². The van der Waals surface area contributed by atoms with E-state index in [1.54, 1.807) is 19.2 Å². The SMILES string of the molecule is COCc1nc(COc2ccc(F)cc2)sc1CN. The predicted molar refractivity (Wildman–Crippen MR) is 71.5 cm³/mol. The molecule has 102 valence electrons. The van der Waals surface area contributed by atoms with Gasteiger partial charge in [0.05, 0.1) is 12.3 Å². The molecule has 4 nitrogen and oxygen atoms in total. The molecule has 2 rings (SSSR count). The van der Waals surface area contributed by atoms with Crippen LogP contribution in [0.25, 0.3) is 0 Å². The Morgan fingerprint density at radius 2 is 2.00 bits per heavy atom. The fraction of sp³-hybridized carbons (Fsp3) is 0.308. The molecule has 0 saturated carbocycles. The van der Waals surface area contributed by atoms with Crippen molar-refractivity contribution in [3.63, 3.8) is 0 Å². The number of thiazole rings is 1. The fourth-order valence-corrected chi connectivity index (χ4v) is 2.45. The molecule has 1 heterocycles. The number of aromatic nitrogens is 1. The zero-order chi connectivity index (χ0) is 13.7. The van der Waals surface area contributed by atoms with Crippen molar-refractivity contribution in [2.24, 2.45) is 5.73 Å². The van der Waals surface area contributed by atoms with Crippen LogP contribution in [0.1, 0.15) is 15.6 Å². The van der Waals surface area contributed by atoms with Crippen LogP contribution >= 0.6 is 11.3 Å². The van der Waals surface area contributed by atoms with Crippen LogP contribution in [-0.2, 0) is 24.5 Å². The summed E-state index contributed by atoms with van der Waals surface area (Å²) in [5.74, 6) is 0.327. The number of hydrogen-bond donors (Lipinski definition) is 1. The molecular formula is C13H15FN2O2S. The Morgan fingerprint density at radius 1 is 1.26 bits per heavy atom. The molecule has 6 heteroatoms. The number of benzene rings is 1. The summed E-state index contributed by atoms with van der Waals surface area (Å²) < 4.78 is 23.3. The molecule has 0 saturated heterocycles. The molecule has 0 amide bonds. The minimum atomic E-state index is -0.283. The molecule has 0 fully saturated rings. The lowest BCUT2D eigenvalue weighted by atomic mass is 10.3. The number of nitrogens with zero attached hydrogens (tertiary/aromatic N) is 1. The minimum Gasteiger partial charge on any atom is -0.486 e. The van der Waals surface area contributed by atoms with Gasteiger partial charge in [-0.25, -0.2) is 9.37 Å². The zero-order valence-corrected chi connectivity index (χ0v) is 11.4. The third-order valence-electron chi connectivity index (χ3n) is 2.46. The molecule has 0 atom stereocenters. The number of ether oxygens (including phenoxy) is 2. The van der Waals surface area contributed by atoms with Crippen LogP contribution in [0.4, 0.5) is 4.39 Å². The maximum absolute atomic E-state index is 12.7. The molecule has 0 unspecified atom stereocenters.